The van der Waals surface area contributed by atoms with E-state index >= 15 is 0 Å². The molecule has 0 spiro atoms. The molecule has 1 amide bonds. The highest BCUT2D eigenvalue weighted by Gasteiger charge is 2.31. The summed E-state index contributed by atoms with van der Waals surface area (Å²) in [5.74, 6) is 0.156. The summed E-state index contributed by atoms with van der Waals surface area (Å²) in [6, 6.07) is 5.12. The second-order valence-electron chi connectivity index (χ2n) is 5.95. The summed E-state index contributed by atoms with van der Waals surface area (Å²) in [7, 11) is 0. The van der Waals surface area contributed by atoms with E-state index in [0.717, 1.165) is 12.1 Å². The summed E-state index contributed by atoms with van der Waals surface area (Å²) in [6.45, 7) is 1.04. The SMILES string of the molecule is NC(=O)c1cc(OC2CCN(c3cc(C(F)(F)F)ccn3)CC2)ccn1. The van der Waals surface area contributed by atoms with Crippen LogP contribution in [0.2, 0.25) is 0 Å². The number of hydrogen-bond donors (Lipinski definition) is 1. The third-order valence-corrected chi connectivity index (χ3v) is 4.13. The topological polar surface area (TPSA) is 81.3 Å². The molecule has 26 heavy (non-hydrogen) atoms. The molecule has 6 nitrogen and oxygen atoms in total. The zero-order chi connectivity index (χ0) is 18.7. The van der Waals surface area contributed by atoms with Crippen molar-refractivity contribution >= 4 is 11.7 Å². The van der Waals surface area contributed by atoms with Crippen molar-refractivity contribution in [3.8, 4) is 5.75 Å². The molecule has 0 aliphatic carbocycles. The quantitative estimate of drug-likeness (QED) is 0.900. The number of carbonyl (C=O) groups is 1. The number of halogens is 3. The average Bonchev–Trinajstić information content (AvgIpc) is 2.62. The fourth-order valence-corrected chi connectivity index (χ4v) is 2.78. The molecule has 1 aliphatic rings. The maximum absolute atomic E-state index is 12.8. The van der Waals surface area contributed by atoms with Crippen molar-refractivity contribution in [1.82, 2.24) is 9.97 Å². The van der Waals surface area contributed by atoms with Gasteiger partial charge >= 0.3 is 6.18 Å². The number of pyridine rings is 2. The van der Waals surface area contributed by atoms with E-state index in [1.807, 2.05) is 0 Å². The number of alkyl halides is 3. The van der Waals surface area contributed by atoms with Gasteiger partial charge in [-0.15, -0.1) is 0 Å². The van der Waals surface area contributed by atoms with E-state index in [1.165, 1.54) is 18.5 Å². The first-order chi connectivity index (χ1) is 12.3. The summed E-state index contributed by atoms with van der Waals surface area (Å²) in [5, 5.41) is 0. The smallest absolute Gasteiger partial charge is 0.416 e. The van der Waals surface area contributed by atoms with Gasteiger partial charge in [0.1, 0.15) is 23.4 Å². The zero-order valence-corrected chi connectivity index (χ0v) is 13.7. The van der Waals surface area contributed by atoms with Gasteiger partial charge in [-0.3, -0.25) is 9.78 Å². The van der Waals surface area contributed by atoms with Crippen LogP contribution in [-0.2, 0) is 6.18 Å². The van der Waals surface area contributed by atoms with E-state index in [1.54, 1.807) is 11.0 Å². The number of carbonyl (C=O) groups excluding carboxylic acids is 1. The summed E-state index contributed by atoms with van der Waals surface area (Å²) >= 11 is 0. The fourth-order valence-electron chi connectivity index (χ4n) is 2.78. The molecule has 0 saturated carbocycles. The van der Waals surface area contributed by atoms with E-state index in [9.17, 15) is 18.0 Å². The molecular formula is C17H17F3N4O2. The molecule has 3 heterocycles. The van der Waals surface area contributed by atoms with Crippen LogP contribution in [0.3, 0.4) is 0 Å². The molecule has 0 bridgehead atoms. The number of ether oxygens (including phenoxy) is 1. The first-order valence-corrected chi connectivity index (χ1v) is 8.03. The number of aromatic nitrogens is 2. The van der Waals surface area contributed by atoms with E-state index in [0.29, 0.717) is 37.5 Å². The number of anilines is 1. The predicted molar refractivity (Wildman–Crippen MR) is 87.9 cm³/mol. The van der Waals surface area contributed by atoms with Crippen molar-refractivity contribution in [3.05, 3.63) is 47.9 Å². The molecule has 1 saturated heterocycles. The highest BCUT2D eigenvalue weighted by Crippen LogP contribution is 2.31. The molecule has 0 radical (unpaired) electrons. The van der Waals surface area contributed by atoms with E-state index in [-0.39, 0.29) is 11.8 Å². The first kappa shape index (κ1) is 18.0. The number of hydrogen-bond acceptors (Lipinski definition) is 5. The molecule has 1 aliphatic heterocycles. The second kappa shape index (κ2) is 7.19. The van der Waals surface area contributed by atoms with Crippen LogP contribution in [0.15, 0.2) is 36.7 Å². The van der Waals surface area contributed by atoms with Gasteiger partial charge in [0.05, 0.1) is 5.56 Å². The van der Waals surface area contributed by atoms with E-state index in [4.69, 9.17) is 10.5 Å². The Labute approximate surface area is 147 Å². The van der Waals surface area contributed by atoms with Crippen LogP contribution in [0.25, 0.3) is 0 Å². The largest absolute Gasteiger partial charge is 0.490 e. The lowest BCUT2D eigenvalue weighted by atomic mass is 10.1. The van der Waals surface area contributed by atoms with Crippen molar-refractivity contribution < 1.29 is 22.7 Å². The Hall–Kier alpha value is -2.84. The van der Waals surface area contributed by atoms with Crippen LogP contribution in [0, 0.1) is 0 Å². The van der Waals surface area contributed by atoms with Gasteiger partial charge in [0, 0.05) is 44.4 Å². The van der Waals surface area contributed by atoms with Crippen molar-refractivity contribution in [2.75, 3.05) is 18.0 Å². The standard InChI is InChI=1S/C17H17F3N4O2/c18-17(19,20)11-1-5-23-15(9-11)24-7-3-12(4-8-24)26-13-2-6-22-14(10-13)16(21)25/h1-2,5-6,9-10,12H,3-4,7-8H2,(H2,21,25). The molecule has 138 valence electrons. The third kappa shape index (κ3) is 4.22. The zero-order valence-electron chi connectivity index (χ0n) is 13.7. The molecule has 0 aromatic carbocycles. The van der Waals surface area contributed by atoms with Crippen molar-refractivity contribution in [2.24, 2.45) is 5.73 Å². The van der Waals surface area contributed by atoms with Crippen molar-refractivity contribution in [1.29, 1.82) is 0 Å². The van der Waals surface area contributed by atoms with Gasteiger partial charge in [-0.2, -0.15) is 13.2 Å². The van der Waals surface area contributed by atoms with Gasteiger partial charge in [0.15, 0.2) is 0 Å². The number of primary amides is 1. The van der Waals surface area contributed by atoms with Crippen LogP contribution in [0.1, 0.15) is 28.9 Å². The maximum Gasteiger partial charge on any atom is 0.416 e. The number of nitrogens with zero attached hydrogens (tertiary/aromatic N) is 3. The number of rotatable bonds is 4. The highest BCUT2D eigenvalue weighted by molar-refractivity contribution is 5.91. The Morgan fingerprint density at radius 1 is 1.15 bits per heavy atom. The van der Waals surface area contributed by atoms with Gasteiger partial charge < -0.3 is 15.4 Å². The molecule has 0 atom stereocenters. The third-order valence-electron chi connectivity index (χ3n) is 4.13. The number of amides is 1. The minimum Gasteiger partial charge on any atom is -0.490 e. The molecular weight excluding hydrogens is 349 g/mol. The van der Waals surface area contributed by atoms with Crippen LogP contribution in [-0.4, -0.2) is 35.1 Å². The monoisotopic (exact) mass is 366 g/mol. The minimum absolute atomic E-state index is 0.111. The lowest BCUT2D eigenvalue weighted by molar-refractivity contribution is -0.137. The molecule has 1 fully saturated rings. The van der Waals surface area contributed by atoms with Crippen LogP contribution in [0.4, 0.5) is 19.0 Å². The first-order valence-electron chi connectivity index (χ1n) is 8.03. The number of nitrogens with two attached hydrogens (primary N) is 1. The Bertz CT molecular complexity index is 790. The Morgan fingerprint density at radius 2 is 1.85 bits per heavy atom. The Kier molecular flexibility index (Phi) is 4.97. The second-order valence-corrected chi connectivity index (χ2v) is 5.95. The van der Waals surface area contributed by atoms with Gasteiger partial charge in [-0.05, 0) is 18.2 Å². The molecule has 2 N–H and O–H groups in total. The van der Waals surface area contributed by atoms with Crippen LogP contribution < -0.4 is 15.4 Å². The molecule has 0 unspecified atom stereocenters. The molecule has 2 aromatic heterocycles. The number of piperidine rings is 1. The summed E-state index contributed by atoms with van der Waals surface area (Å²) < 4.78 is 44.3. The van der Waals surface area contributed by atoms with Crippen LogP contribution >= 0.6 is 0 Å². The van der Waals surface area contributed by atoms with Crippen molar-refractivity contribution in [2.45, 2.75) is 25.1 Å². The highest BCUT2D eigenvalue weighted by atomic mass is 19.4. The Morgan fingerprint density at radius 3 is 2.50 bits per heavy atom. The maximum atomic E-state index is 12.8. The molecule has 9 heteroatoms. The molecule has 2 aromatic rings. The van der Waals surface area contributed by atoms with Gasteiger partial charge in [0.25, 0.3) is 5.91 Å². The summed E-state index contributed by atoms with van der Waals surface area (Å²) in [6.07, 6.45) is -0.655. The predicted octanol–water partition coefficient (Wildman–Crippen LogP) is 2.64. The van der Waals surface area contributed by atoms with Gasteiger partial charge in [-0.25, -0.2) is 4.98 Å². The lowest BCUT2D eigenvalue weighted by Gasteiger charge is -2.33. The minimum atomic E-state index is -4.39. The summed E-state index contributed by atoms with van der Waals surface area (Å²) in [5.41, 5.74) is 4.60. The van der Waals surface area contributed by atoms with Crippen LogP contribution in [0.5, 0.6) is 5.75 Å². The fraction of sp³-hybridized carbons (Fsp3) is 0.353. The average molecular weight is 366 g/mol. The van der Waals surface area contributed by atoms with Gasteiger partial charge in [0.2, 0.25) is 0 Å². The summed E-state index contributed by atoms with van der Waals surface area (Å²) in [4.78, 5) is 20.8. The van der Waals surface area contributed by atoms with E-state index < -0.39 is 17.6 Å². The van der Waals surface area contributed by atoms with Crippen molar-refractivity contribution in [3.63, 3.8) is 0 Å². The Balaban J connectivity index is 1.61. The van der Waals surface area contributed by atoms with E-state index in [2.05, 4.69) is 9.97 Å². The van der Waals surface area contributed by atoms with Gasteiger partial charge in [-0.1, -0.05) is 0 Å². The molecule has 3 rings (SSSR count). The normalized spacial score (nSPS) is 15.7. The lowest BCUT2D eigenvalue weighted by Crippen LogP contribution is -2.38.